The van der Waals surface area contributed by atoms with E-state index in [1.807, 2.05) is 19.1 Å². The molecule has 86 valence electrons. The fraction of sp³-hybridized carbons (Fsp3) is 0.556. The number of dihydropyridines is 1. The smallest absolute Gasteiger partial charge is 0.333 e. The minimum absolute atomic E-state index is 0.126. The topological polar surface area (TPSA) is 81.4 Å². The molecule has 1 aliphatic rings. The molecule has 0 bridgehead atoms. The van der Waals surface area contributed by atoms with Gasteiger partial charge in [-0.25, -0.2) is 5.14 Å². The van der Waals surface area contributed by atoms with Crippen LogP contribution in [0.15, 0.2) is 23.4 Å². The first-order valence-electron chi connectivity index (χ1n) is 4.76. The predicted molar refractivity (Wildman–Crippen MR) is 58.1 cm³/mol. The average Bonchev–Trinajstić information content (AvgIpc) is 2.13. The summed E-state index contributed by atoms with van der Waals surface area (Å²) in [6.45, 7) is 2.96. The van der Waals surface area contributed by atoms with Crippen LogP contribution in [0.2, 0.25) is 0 Å². The third kappa shape index (κ3) is 4.96. The number of nitrogens with two attached hydrogens (primary N) is 1. The summed E-state index contributed by atoms with van der Waals surface area (Å²) in [4.78, 5) is 0. The molecule has 1 rings (SSSR count). The van der Waals surface area contributed by atoms with Crippen molar-refractivity contribution in [1.29, 1.82) is 0 Å². The van der Waals surface area contributed by atoms with E-state index in [4.69, 9.17) is 5.14 Å². The zero-order chi connectivity index (χ0) is 11.3. The molecule has 0 aliphatic carbocycles. The summed E-state index contributed by atoms with van der Waals surface area (Å²) in [5, 5.41) is 7.92. The summed E-state index contributed by atoms with van der Waals surface area (Å²) in [6.07, 6.45) is 5.49. The van der Waals surface area contributed by atoms with Gasteiger partial charge in [-0.1, -0.05) is 12.2 Å². The lowest BCUT2D eigenvalue weighted by molar-refractivity contribution is 0.311. The van der Waals surface area contributed by atoms with E-state index in [0.717, 1.165) is 18.7 Å². The molecule has 1 aliphatic heterocycles. The number of hydrogen-bond donors (Lipinski definition) is 2. The van der Waals surface area contributed by atoms with Gasteiger partial charge in [-0.2, -0.15) is 8.42 Å². The van der Waals surface area contributed by atoms with Crippen LogP contribution in [0, 0.1) is 0 Å². The van der Waals surface area contributed by atoms with Crippen LogP contribution in [0.1, 0.15) is 19.8 Å². The van der Waals surface area contributed by atoms with Crippen LogP contribution in [-0.2, 0) is 14.5 Å². The van der Waals surface area contributed by atoms with E-state index in [0.29, 0.717) is 6.42 Å². The number of rotatable bonds is 5. The molecule has 5 nitrogen and oxygen atoms in total. The molecular weight excluding hydrogens is 216 g/mol. The second-order valence-corrected chi connectivity index (χ2v) is 4.58. The summed E-state index contributed by atoms with van der Waals surface area (Å²) in [5.74, 6) is 0. The summed E-state index contributed by atoms with van der Waals surface area (Å²) >= 11 is 0. The van der Waals surface area contributed by atoms with Crippen molar-refractivity contribution in [2.24, 2.45) is 5.14 Å². The van der Waals surface area contributed by atoms with Gasteiger partial charge in [0.2, 0.25) is 0 Å². The van der Waals surface area contributed by atoms with Crippen molar-refractivity contribution < 1.29 is 12.6 Å². The largest absolute Gasteiger partial charge is 0.385 e. The van der Waals surface area contributed by atoms with Gasteiger partial charge in [0, 0.05) is 12.2 Å². The number of nitrogens with one attached hydrogen (secondary N) is 1. The summed E-state index contributed by atoms with van der Waals surface area (Å²) in [5.41, 5.74) is 2.31. The molecule has 0 saturated carbocycles. The van der Waals surface area contributed by atoms with Crippen LogP contribution in [0.3, 0.4) is 0 Å². The predicted octanol–water partition coefficient (Wildman–Crippen LogP) is 0.420. The Morgan fingerprint density at radius 2 is 2.33 bits per heavy atom. The molecule has 15 heavy (non-hydrogen) atoms. The minimum Gasteiger partial charge on any atom is -0.385 e. The second-order valence-electron chi connectivity index (χ2n) is 3.36. The Labute approximate surface area is 90.2 Å². The van der Waals surface area contributed by atoms with Gasteiger partial charge in [0.1, 0.15) is 0 Å². The van der Waals surface area contributed by atoms with Gasteiger partial charge in [-0.05, 0) is 25.3 Å². The summed E-state index contributed by atoms with van der Waals surface area (Å²) in [7, 11) is -3.79. The van der Waals surface area contributed by atoms with Gasteiger partial charge in [-0.3, -0.25) is 4.18 Å². The quantitative estimate of drug-likeness (QED) is 0.673. The third-order valence-corrected chi connectivity index (χ3v) is 2.59. The van der Waals surface area contributed by atoms with Crippen molar-refractivity contribution in [3.63, 3.8) is 0 Å². The highest BCUT2D eigenvalue weighted by molar-refractivity contribution is 7.84. The van der Waals surface area contributed by atoms with Gasteiger partial charge in [0.25, 0.3) is 0 Å². The second kappa shape index (κ2) is 5.29. The van der Waals surface area contributed by atoms with Gasteiger partial charge in [-0.15, -0.1) is 0 Å². The monoisotopic (exact) mass is 232 g/mol. The van der Waals surface area contributed by atoms with Gasteiger partial charge >= 0.3 is 10.3 Å². The molecule has 0 amide bonds. The highest BCUT2D eigenvalue weighted by Crippen LogP contribution is 2.12. The van der Waals surface area contributed by atoms with E-state index in [1.54, 1.807) is 0 Å². The Kier molecular flexibility index (Phi) is 4.31. The number of hydrogen-bond acceptors (Lipinski definition) is 4. The van der Waals surface area contributed by atoms with Crippen molar-refractivity contribution in [2.45, 2.75) is 19.8 Å². The van der Waals surface area contributed by atoms with Crippen molar-refractivity contribution in [2.75, 3.05) is 13.2 Å². The molecule has 0 aromatic rings. The van der Waals surface area contributed by atoms with E-state index < -0.39 is 10.3 Å². The van der Waals surface area contributed by atoms with Crippen LogP contribution < -0.4 is 10.5 Å². The Hall–Kier alpha value is -0.850. The fourth-order valence-corrected chi connectivity index (χ4v) is 1.72. The molecule has 1 heterocycles. The Morgan fingerprint density at radius 1 is 1.60 bits per heavy atom. The van der Waals surface area contributed by atoms with Gasteiger partial charge in [0.05, 0.1) is 6.61 Å². The Balaban J connectivity index is 2.29. The lowest BCUT2D eigenvalue weighted by Gasteiger charge is -2.15. The standard InChI is InChI=1S/C9H16N2O3S/c1-8-4-2-6-11-9(8)5-3-7-14-15(10,12)13/h2,4,11H,3,5-7H2,1H3,(H2,10,12,13). The van der Waals surface area contributed by atoms with E-state index in [9.17, 15) is 8.42 Å². The first-order chi connectivity index (χ1) is 6.99. The lowest BCUT2D eigenvalue weighted by atomic mass is 10.1. The third-order valence-electron chi connectivity index (χ3n) is 2.10. The van der Waals surface area contributed by atoms with E-state index in [2.05, 4.69) is 9.50 Å². The maximum absolute atomic E-state index is 10.5. The molecule has 0 atom stereocenters. The van der Waals surface area contributed by atoms with Crippen LogP contribution in [0.4, 0.5) is 0 Å². The zero-order valence-electron chi connectivity index (χ0n) is 8.69. The molecule has 3 N–H and O–H groups in total. The van der Waals surface area contributed by atoms with Crippen LogP contribution >= 0.6 is 0 Å². The first-order valence-corrected chi connectivity index (χ1v) is 6.23. The average molecular weight is 232 g/mol. The van der Waals surface area contributed by atoms with Crippen LogP contribution in [-0.4, -0.2) is 21.6 Å². The lowest BCUT2D eigenvalue weighted by Crippen LogP contribution is -2.19. The fourth-order valence-electron chi connectivity index (χ4n) is 1.37. The summed E-state index contributed by atoms with van der Waals surface area (Å²) in [6, 6.07) is 0. The minimum atomic E-state index is -3.79. The SMILES string of the molecule is CC1=C(CCCOS(N)(=O)=O)NCC=C1. The highest BCUT2D eigenvalue weighted by atomic mass is 32.2. The highest BCUT2D eigenvalue weighted by Gasteiger charge is 2.05. The molecule has 0 radical (unpaired) electrons. The molecule has 0 saturated heterocycles. The van der Waals surface area contributed by atoms with E-state index >= 15 is 0 Å². The normalized spacial score (nSPS) is 16.7. The van der Waals surface area contributed by atoms with Gasteiger partial charge in [0.15, 0.2) is 0 Å². The van der Waals surface area contributed by atoms with Crippen LogP contribution in [0.25, 0.3) is 0 Å². The van der Waals surface area contributed by atoms with Crippen LogP contribution in [0.5, 0.6) is 0 Å². The first kappa shape index (κ1) is 12.2. The molecule has 0 unspecified atom stereocenters. The molecule has 0 aromatic carbocycles. The van der Waals surface area contributed by atoms with Gasteiger partial charge < -0.3 is 5.32 Å². The van der Waals surface area contributed by atoms with E-state index in [-0.39, 0.29) is 6.61 Å². The maximum atomic E-state index is 10.5. The van der Waals surface area contributed by atoms with E-state index in [1.165, 1.54) is 5.57 Å². The number of allylic oxidation sites excluding steroid dienone is 3. The molecule has 6 heteroatoms. The molecular formula is C9H16N2O3S. The maximum Gasteiger partial charge on any atom is 0.333 e. The zero-order valence-corrected chi connectivity index (χ0v) is 9.51. The Bertz CT molecular complexity index is 371. The molecule has 0 fully saturated rings. The Morgan fingerprint density at radius 3 is 2.93 bits per heavy atom. The van der Waals surface area contributed by atoms with Crippen molar-refractivity contribution in [1.82, 2.24) is 5.32 Å². The van der Waals surface area contributed by atoms with Crippen molar-refractivity contribution in [3.05, 3.63) is 23.4 Å². The molecule has 0 spiro atoms. The summed E-state index contributed by atoms with van der Waals surface area (Å²) < 4.78 is 25.4. The van der Waals surface area contributed by atoms with Crippen molar-refractivity contribution >= 4 is 10.3 Å². The molecule has 0 aromatic heterocycles. The van der Waals surface area contributed by atoms with Crippen molar-refractivity contribution in [3.8, 4) is 0 Å².